The van der Waals surface area contributed by atoms with Crippen LogP contribution in [0.25, 0.3) is 0 Å². The first-order valence-electron chi connectivity index (χ1n) is 8.75. The number of morpholine rings is 1. The summed E-state index contributed by atoms with van der Waals surface area (Å²) in [7, 11) is -3.52. The van der Waals surface area contributed by atoms with E-state index >= 15 is 0 Å². The topological polar surface area (TPSA) is 94.2 Å². The van der Waals surface area contributed by atoms with Crippen LogP contribution >= 0.6 is 0 Å². The van der Waals surface area contributed by atoms with Crippen LogP contribution in [-0.4, -0.2) is 70.8 Å². The molecule has 0 saturated carbocycles. The van der Waals surface area contributed by atoms with Crippen molar-refractivity contribution in [1.82, 2.24) is 9.62 Å². The zero-order chi connectivity index (χ0) is 18.4. The predicted octanol–water partition coefficient (Wildman–Crippen LogP) is 0.382. The molecule has 0 spiro atoms. The second-order valence-electron chi connectivity index (χ2n) is 6.22. The number of sulfonamides is 1. The van der Waals surface area contributed by atoms with Crippen molar-refractivity contribution in [1.29, 1.82) is 0 Å². The van der Waals surface area contributed by atoms with Crippen LogP contribution < -0.4 is 10.1 Å². The Hall–Kier alpha value is -1.68. The van der Waals surface area contributed by atoms with Crippen LogP contribution in [0.5, 0.6) is 5.75 Å². The number of carbonyl (C=O) groups is 1. The second-order valence-corrected chi connectivity index (χ2v) is 8.15. The van der Waals surface area contributed by atoms with E-state index in [1.807, 2.05) is 0 Å². The van der Waals surface area contributed by atoms with E-state index in [1.54, 1.807) is 12.1 Å². The molecule has 1 N–H and O–H groups in total. The normalized spacial score (nSPS) is 21.5. The number of hydrogen-bond donors (Lipinski definition) is 1. The minimum Gasteiger partial charge on any atom is -0.484 e. The summed E-state index contributed by atoms with van der Waals surface area (Å²) < 4.78 is 42.5. The van der Waals surface area contributed by atoms with Crippen LogP contribution in [0, 0.1) is 0 Å². The summed E-state index contributed by atoms with van der Waals surface area (Å²) in [5.41, 5.74) is 0. The summed E-state index contributed by atoms with van der Waals surface area (Å²) >= 11 is 0. The first-order chi connectivity index (χ1) is 12.6. The lowest BCUT2D eigenvalue weighted by Crippen LogP contribution is -2.40. The number of carbonyl (C=O) groups excluding carboxylic acids is 1. The van der Waals surface area contributed by atoms with Crippen LogP contribution in [0.3, 0.4) is 0 Å². The van der Waals surface area contributed by atoms with E-state index in [0.717, 1.165) is 19.4 Å². The van der Waals surface area contributed by atoms with Gasteiger partial charge < -0.3 is 19.5 Å². The molecule has 26 heavy (non-hydrogen) atoms. The quantitative estimate of drug-likeness (QED) is 0.731. The van der Waals surface area contributed by atoms with Gasteiger partial charge in [0.1, 0.15) is 5.75 Å². The lowest BCUT2D eigenvalue weighted by molar-refractivity contribution is -0.123. The highest BCUT2D eigenvalue weighted by molar-refractivity contribution is 7.89. The van der Waals surface area contributed by atoms with Gasteiger partial charge in [0.05, 0.1) is 24.2 Å². The molecular formula is C17H24N2O6S. The molecule has 2 aliphatic rings. The molecule has 1 aromatic carbocycles. The van der Waals surface area contributed by atoms with Crippen molar-refractivity contribution >= 4 is 15.9 Å². The molecule has 2 fully saturated rings. The summed E-state index contributed by atoms with van der Waals surface area (Å²) in [6.07, 6.45) is 2.07. The number of nitrogens with zero attached hydrogens (tertiary/aromatic N) is 1. The smallest absolute Gasteiger partial charge is 0.258 e. The summed E-state index contributed by atoms with van der Waals surface area (Å²) in [6.45, 7) is 2.62. The van der Waals surface area contributed by atoms with Crippen LogP contribution in [-0.2, 0) is 24.3 Å². The van der Waals surface area contributed by atoms with Gasteiger partial charge in [0, 0.05) is 26.2 Å². The fraction of sp³-hybridized carbons (Fsp3) is 0.588. The summed E-state index contributed by atoms with van der Waals surface area (Å²) in [6, 6.07) is 6.09. The minimum absolute atomic E-state index is 0.0867. The molecule has 144 valence electrons. The Morgan fingerprint density at radius 2 is 1.92 bits per heavy atom. The Kier molecular flexibility index (Phi) is 6.47. The molecular weight excluding hydrogens is 360 g/mol. The van der Waals surface area contributed by atoms with Crippen LogP contribution in [0.1, 0.15) is 12.8 Å². The van der Waals surface area contributed by atoms with Gasteiger partial charge in [-0.15, -0.1) is 0 Å². The third kappa shape index (κ3) is 4.94. The van der Waals surface area contributed by atoms with E-state index in [-0.39, 0.29) is 23.5 Å². The Bertz CT molecular complexity index is 694. The number of nitrogens with one attached hydrogen (secondary N) is 1. The van der Waals surface area contributed by atoms with Crippen LogP contribution in [0.2, 0.25) is 0 Å². The number of ether oxygens (including phenoxy) is 3. The molecule has 0 bridgehead atoms. The van der Waals surface area contributed by atoms with Gasteiger partial charge in [-0.3, -0.25) is 4.79 Å². The highest BCUT2D eigenvalue weighted by Crippen LogP contribution is 2.20. The molecule has 1 amide bonds. The number of hydrogen-bond acceptors (Lipinski definition) is 6. The third-order valence-corrected chi connectivity index (χ3v) is 6.27. The zero-order valence-electron chi connectivity index (χ0n) is 14.6. The largest absolute Gasteiger partial charge is 0.484 e. The number of amides is 1. The molecule has 2 heterocycles. The molecule has 1 atom stereocenters. The van der Waals surface area contributed by atoms with Gasteiger partial charge in [0.2, 0.25) is 10.0 Å². The average Bonchev–Trinajstić information content (AvgIpc) is 3.19. The summed E-state index contributed by atoms with van der Waals surface area (Å²) in [5, 5.41) is 2.77. The minimum atomic E-state index is -3.52. The SMILES string of the molecule is O=C(COc1ccc(S(=O)(=O)N2CCOCC2)cc1)NC[C@@H]1CCCO1. The molecule has 2 aliphatic heterocycles. The number of rotatable bonds is 7. The fourth-order valence-electron chi connectivity index (χ4n) is 2.88. The predicted molar refractivity (Wildman–Crippen MR) is 93.5 cm³/mol. The zero-order valence-corrected chi connectivity index (χ0v) is 15.4. The molecule has 8 nitrogen and oxygen atoms in total. The maximum atomic E-state index is 12.5. The van der Waals surface area contributed by atoms with Crippen LogP contribution in [0.4, 0.5) is 0 Å². The van der Waals surface area contributed by atoms with Crippen LogP contribution in [0.15, 0.2) is 29.2 Å². The molecule has 0 unspecified atom stereocenters. The second kappa shape index (κ2) is 8.81. The Labute approximate surface area is 153 Å². The highest BCUT2D eigenvalue weighted by Gasteiger charge is 2.26. The van der Waals surface area contributed by atoms with Crippen molar-refractivity contribution < 1.29 is 27.4 Å². The number of benzene rings is 1. The average molecular weight is 384 g/mol. The molecule has 0 radical (unpaired) electrons. The van der Waals surface area contributed by atoms with E-state index in [4.69, 9.17) is 14.2 Å². The van der Waals surface area contributed by atoms with Gasteiger partial charge in [0.25, 0.3) is 5.91 Å². The summed E-state index contributed by atoms with van der Waals surface area (Å²) in [4.78, 5) is 12.0. The van der Waals surface area contributed by atoms with Gasteiger partial charge >= 0.3 is 0 Å². The van der Waals surface area contributed by atoms with Crippen molar-refractivity contribution in [3.05, 3.63) is 24.3 Å². The van der Waals surface area contributed by atoms with Crippen molar-refractivity contribution in [2.45, 2.75) is 23.8 Å². The monoisotopic (exact) mass is 384 g/mol. The van der Waals surface area contributed by atoms with Gasteiger partial charge in [-0.25, -0.2) is 8.42 Å². The van der Waals surface area contributed by atoms with Crippen molar-refractivity contribution in [3.8, 4) is 5.75 Å². The Morgan fingerprint density at radius 3 is 2.58 bits per heavy atom. The van der Waals surface area contributed by atoms with E-state index in [1.165, 1.54) is 16.4 Å². The molecule has 2 saturated heterocycles. The van der Waals surface area contributed by atoms with E-state index < -0.39 is 10.0 Å². The van der Waals surface area contributed by atoms with Crippen molar-refractivity contribution in [2.75, 3.05) is 46.1 Å². The fourth-order valence-corrected chi connectivity index (χ4v) is 4.28. The van der Waals surface area contributed by atoms with Gasteiger partial charge in [-0.2, -0.15) is 4.31 Å². The van der Waals surface area contributed by atoms with E-state index in [9.17, 15) is 13.2 Å². The van der Waals surface area contributed by atoms with Crippen molar-refractivity contribution in [3.63, 3.8) is 0 Å². The lowest BCUT2D eigenvalue weighted by Gasteiger charge is -2.26. The van der Waals surface area contributed by atoms with Crippen molar-refractivity contribution in [2.24, 2.45) is 0 Å². The molecule has 0 aliphatic carbocycles. The lowest BCUT2D eigenvalue weighted by atomic mass is 10.2. The van der Waals surface area contributed by atoms with Gasteiger partial charge in [-0.1, -0.05) is 0 Å². The summed E-state index contributed by atoms with van der Waals surface area (Å²) in [5.74, 6) is 0.212. The molecule has 1 aromatic rings. The third-order valence-electron chi connectivity index (χ3n) is 4.35. The Balaban J connectivity index is 1.48. The van der Waals surface area contributed by atoms with Gasteiger partial charge in [0.15, 0.2) is 6.61 Å². The molecule has 0 aromatic heterocycles. The molecule has 9 heteroatoms. The standard InChI is InChI=1S/C17H24N2O6S/c20-17(18-12-15-2-1-9-24-15)13-25-14-3-5-16(6-4-14)26(21,22)19-7-10-23-11-8-19/h3-6,15H,1-2,7-13H2,(H,18,20)/t15-/m0/s1. The Morgan fingerprint density at radius 1 is 1.19 bits per heavy atom. The maximum Gasteiger partial charge on any atom is 0.258 e. The highest BCUT2D eigenvalue weighted by atomic mass is 32.2. The first-order valence-corrected chi connectivity index (χ1v) is 10.2. The maximum absolute atomic E-state index is 12.5. The van der Waals surface area contributed by atoms with E-state index in [2.05, 4.69) is 5.32 Å². The first kappa shape index (κ1) is 19.1. The van der Waals surface area contributed by atoms with E-state index in [0.29, 0.717) is 38.6 Å². The van der Waals surface area contributed by atoms with Gasteiger partial charge in [-0.05, 0) is 37.1 Å². The molecule has 3 rings (SSSR count).